The lowest BCUT2D eigenvalue weighted by molar-refractivity contribution is -0.227. The maximum atomic E-state index is 7.01. The minimum Gasteiger partial charge on any atom is -0.378 e. The molecule has 4 fully saturated rings. The van der Waals surface area contributed by atoms with Crippen LogP contribution in [0.15, 0.2) is 0 Å². The van der Waals surface area contributed by atoms with Crippen LogP contribution in [0.3, 0.4) is 0 Å². The van der Waals surface area contributed by atoms with Gasteiger partial charge in [0.25, 0.3) is 0 Å². The molecule has 7 heteroatoms. The van der Waals surface area contributed by atoms with Gasteiger partial charge in [-0.25, -0.2) is 0 Å². The van der Waals surface area contributed by atoms with Crippen molar-refractivity contribution in [3.8, 4) is 0 Å². The molecule has 4 aliphatic carbocycles. The summed E-state index contributed by atoms with van der Waals surface area (Å²) in [4.78, 5) is 0. The van der Waals surface area contributed by atoms with Gasteiger partial charge in [0, 0.05) is 25.2 Å². The van der Waals surface area contributed by atoms with Crippen molar-refractivity contribution in [2.45, 2.75) is 142 Å². The first-order chi connectivity index (χ1) is 21.8. The minimum atomic E-state index is 0.185. The summed E-state index contributed by atoms with van der Waals surface area (Å²) < 4.78 is 20.3. The lowest BCUT2D eigenvalue weighted by Gasteiger charge is -2.65. The Hall–Kier alpha value is -0.280. The molecule has 0 saturated heterocycles. The summed E-state index contributed by atoms with van der Waals surface area (Å²) in [5, 5.41) is 3.71. The number of hydrogen-bond acceptors (Lipinski definition) is 7. The van der Waals surface area contributed by atoms with Crippen LogP contribution in [0.5, 0.6) is 0 Å². The summed E-state index contributed by atoms with van der Waals surface area (Å²) in [6.07, 6.45) is 18.9. The van der Waals surface area contributed by atoms with E-state index in [2.05, 4.69) is 33.0 Å². The van der Waals surface area contributed by atoms with Crippen molar-refractivity contribution in [1.29, 1.82) is 0 Å². The Kier molecular flexibility index (Phi) is 15.4. The van der Waals surface area contributed by atoms with E-state index in [0.29, 0.717) is 78.9 Å². The first-order valence-electron chi connectivity index (χ1n) is 19.5. The number of fused-ring (bicyclic) bond motifs is 5. The van der Waals surface area contributed by atoms with Gasteiger partial charge in [0.2, 0.25) is 0 Å². The third kappa shape index (κ3) is 8.85. The summed E-state index contributed by atoms with van der Waals surface area (Å²) in [6.45, 7) is 16.9. The Morgan fingerprint density at radius 2 is 1.44 bits per heavy atom. The zero-order chi connectivity index (χ0) is 32.3. The van der Waals surface area contributed by atoms with E-state index in [1.807, 2.05) is 0 Å². The van der Waals surface area contributed by atoms with Crippen LogP contribution in [0.25, 0.3) is 0 Å². The molecule has 0 spiro atoms. The maximum absolute atomic E-state index is 7.01. The van der Waals surface area contributed by atoms with E-state index in [1.54, 1.807) is 0 Å². The highest BCUT2D eigenvalue weighted by molar-refractivity contribution is 5.15. The molecule has 7 N–H and O–H groups in total. The fraction of sp³-hybridized carbons (Fsp3) is 1.00. The fourth-order valence-corrected chi connectivity index (χ4v) is 11.0. The van der Waals surface area contributed by atoms with E-state index < -0.39 is 0 Å². The number of rotatable bonds is 21. The SMILES string of the molecule is CCCCCNCCC[C@@H](C)[C@H]1CC[C@H]2C3[C@H](OCCCN)CC4C[C@H](OCCCN)CCC4(C)[C@H]3C[C@H](OCCCN)C12C. The molecule has 0 aliphatic heterocycles. The second-order valence-electron chi connectivity index (χ2n) is 16.1. The van der Waals surface area contributed by atoms with Gasteiger partial charge in [-0.3, -0.25) is 0 Å². The molecule has 0 heterocycles. The van der Waals surface area contributed by atoms with E-state index in [1.165, 1.54) is 70.6 Å². The second kappa shape index (κ2) is 18.5. The number of hydrogen-bond donors (Lipinski definition) is 4. The molecule has 45 heavy (non-hydrogen) atoms. The highest BCUT2D eigenvalue weighted by atomic mass is 16.5. The van der Waals surface area contributed by atoms with Crippen LogP contribution < -0.4 is 22.5 Å². The van der Waals surface area contributed by atoms with Crippen molar-refractivity contribution < 1.29 is 14.2 Å². The third-order valence-electron chi connectivity index (χ3n) is 13.5. The summed E-state index contributed by atoms with van der Waals surface area (Å²) in [5.74, 6) is 3.93. The number of nitrogens with one attached hydrogen (secondary N) is 1. The molecular formula is C38H74N4O3. The molecule has 0 aromatic rings. The zero-order valence-corrected chi connectivity index (χ0v) is 29.9. The van der Waals surface area contributed by atoms with Crippen molar-refractivity contribution in [2.24, 2.45) is 63.5 Å². The Balaban J connectivity index is 1.54. The number of ether oxygens (including phenoxy) is 3. The predicted molar refractivity (Wildman–Crippen MR) is 187 cm³/mol. The van der Waals surface area contributed by atoms with Crippen LogP contribution in [0.2, 0.25) is 0 Å². The predicted octanol–water partition coefficient (Wildman–Crippen LogP) is 6.26. The summed E-state index contributed by atoms with van der Waals surface area (Å²) in [7, 11) is 0. The van der Waals surface area contributed by atoms with Gasteiger partial charge < -0.3 is 36.7 Å². The van der Waals surface area contributed by atoms with Gasteiger partial charge in [0.05, 0.1) is 18.3 Å². The minimum absolute atomic E-state index is 0.185. The molecule has 7 nitrogen and oxygen atoms in total. The summed E-state index contributed by atoms with van der Waals surface area (Å²) >= 11 is 0. The largest absolute Gasteiger partial charge is 0.378 e. The van der Waals surface area contributed by atoms with Crippen LogP contribution in [0, 0.1) is 46.3 Å². The normalized spacial score (nSPS) is 38.5. The van der Waals surface area contributed by atoms with Crippen LogP contribution in [0.1, 0.15) is 124 Å². The molecule has 4 unspecified atom stereocenters. The molecule has 4 aliphatic rings. The van der Waals surface area contributed by atoms with Crippen molar-refractivity contribution in [1.82, 2.24) is 5.32 Å². The number of unbranched alkanes of at least 4 members (excludes halogenated alkanes) is 2. The zero-order valence-electron chi connectivity index (χ0n) is 29.9. The lowest BCUT2D eigenvalue weighted by Crippen LogP contribution is -2.63. The Bertz CT molecular complexity index is 833. The fourth-order valence-electron chi connectivity index (χ4n) is 11.0. The van der Waals surface area contributed by atoms with Gasteiger partial charge in [-0.15, -0.1) is 0 Å². The average Bonchev–Trinajstić information content (AvgIpc) is 3.39. The molecule has 0 aromatic carbocycles. The van der Waals surface area contributed by atoms with Gasteiger partial charge >= 0.3 is 0 Å². The first-order valence-corrected chi connectivity index (χ1v) is 19.5. The lowest BCUT2D eigenvalue weighted by atomic mass is 9.43. The molecule has 0 radical (unpaired) electrons. The first kappa shape index (κ1) is 37.5. The Labute approximate surface area is 277 Å². The molecule has 4 rings (SSSR count). The van der Waals surface area contributed by atoms with Crippen molar-refractivity contribution in [3.05, 3.63) is 0 Å². The molecule has 264 valence electrons. The van der Waals surface area contributed by atoms with Crippen molar-refractivity contribution >= 4 is 0 Å². The third-order valence-corrected chi connectivity index (χ3v) is 13.5. The van der Waals surface area contributed by atoms with E-state index in [0.717, 1.165) is 58.6 Å². The van der Waals surface area contributed by atoms with Crippen LogP contribution in [-0.4, -0.2) is 70.9 Å². The monoisotopic (exact) mass is 635 g/mol. The standard InChI is InChI=1S/C38H74N4O3/c1-5-6-7-20-42-21-8-12-28(2)31-13-14-32-36-33(27-35(38(31,32)4)45-24-11-19-41)37(3)16-15-30(43-22-9-17-39)25-29(37)26-34(36)44-23-10-18-40/h28-36,42H,5-27,39-41H2,1-4H3/t28-,29?,30-,31-,32+,33+,34-,35+,36?,37?,38?/m1/s1. The quantitative estimate of drug-likeness (QED) is 0.110. The van der Waals surface area contributed by atoms with Crippen LogP contribution >= 0.6 is 0 Å². The topological polar surface area (TPSA) is 118 Å². The number of nitrogens with two attached hydrogens (primary N) is 3. The van der Waals surface area contributed by atoms with Gasteiger partial charge in [-0.1, -0.05) is 40.5 Å². The Morgan fingerprint density at radius 1 is 0.756 bits per heavy atom. The van der Waals surface area contributed by atoms with Crippen LogP contribution in [0.4, 0.5) is 0 Å². The van der Waals surface area contributed by atoms with E-state index in [9.17, 15) is 0 Å². The molecule has 11 atom stereocenters. The van der Waals surface area contributed by atoms with Gasteiger partial charge in [0.1, 0.15) is 0 Å². The Morgan fingerprint density at radius 3 is 2.16 bits per heavy atom. The summed E-state index contributed by atoms with van der Waals surface area (Å²) in [6, 6.07) is 0. The van der Waals surface area contributed by atoms with E-state index in [-0.39, 0.29) is 5.41 Å². The van der Waals surface area contributed by atoms with Crippen molar-refractivity contribution in [3.63, 3.8) is 0 Å². The van der Waals surface area contributed by atoms with Crippen LogP contribution in [-0.2, 0) is 14.2 Å². The van der Waals surface area contributed by atoms with Gasteiger partial charge in [-0.2, -0.15) is 0 Å². The average molecular weight is 635 g/mol. The smallest absolute Gasteiger partial charge is 0.0637 e. The van der Waals surface area contributed by atoms with E-state index >= 15 is 0 Å². The van der Waals surface area contributed by atoms with E-state index in [4.69, 9.17) is 31.4 Å². The maximum Gasteiger partial charge on any atom is 0.0637 e. The molecule has 0 aromatic heterocycles. The van der Waals surface area contributed by atoms with Gasteiger partial charge in [0.15, 0.2) is 0 Å². The highest BCUT2D eigenvalue weighted by Gasteiger charge is 2.66. The second-order valence-corrected chi connectivity index (χ2v) is 16.1. The highest BCUT2D eigenvalue weighted by Crippen LogP contribution is 2.69. The summed E-state index contributed by atoms with van der Waals surface area (Å²) in [5.41, 5.74) is 18.2. The van der Waals surface area contributed by atoms with Crippen molar-refractivity contribution in [2.75, 3.05) is 52.5 Å². The molecule has 0 amide bonds. The molecule has 0 bridgehead atoms. The molecular weight excluding hydrogens is 560 g/mol. The van der Waals surface area contributed by atoms with Gasteiger partial charge in [-0.05, 0) is 157 Å². The molecule has 4 saturated carbocycles.